The average molecular weight is 268 g/mol. The Bertz CT molecular complexity index is 435. The van der Waals surface area contributed by atoms with E-state index >= 15 is 0 Å². The molecule has 0 saturated heterocycles. The highest BCUT2D eigenvalue weighted by atomic mass is 16.6. The molecule has 0 aliphatic carbocycles. The van der Waals surface area contributed by atoms with Gasteiger partial charge in [0, 0.05) is 13.6 Å². The monoisotopic (exact) mass is 268 g/mol. The molecule has 1 rings (SSSR count). The largest absolute Gasteiger partial charge is 0.487 e. The maximum Gasteiger partial charge on any atom is 0.333 e. The highest BCUT2D eigenvalue weighted by Crippen LogP contribution is 2.36. The smallest absolute Gasteiger partial charge is 0.333 e. The normalized spacial score (nSPS) is 12.0. The van der Waals surface area contributed by atoms with E-state index in [9.17, 15) is 15.2 Å². The van der Waals surface area contributed by atoms with Crippen LogP contribution in [-0.4, -0.2) is 36.3 Å². The molecule has 0 fully saturated rings. The van der Waals surface area contributed by atoms with Gasteiger partial charge in [-0.15, -0.1) is 0 Å². The van der Waals surface area contributed by atoms with Crippen LogP contribution >= 0.6 is 0 Å². The van der Waals surface area contributed by atoms with Gasteiger partial charge in [-0.3, -0.25) is 10.1 Å². The molecule has 0 spiro atoms. The molecule has 1 unspecified atom stereocenters. The zero-order chi connectivity index (χ0) is 14.4. The standard InChI is InChI=1S/C13H20N2O4/c1-4-19-12-7-5-6-11(13(12)15(17)18)14(3)9-8-10(2)16/h5-7,10,16H,4,8-9H2,1-3H3. The number of rotatable bonds is 7. The Morgan fingerprint density at radius 1 is 1.53 bits per heavy atom. The SMILES string of the molecule is CCOc1cccc(N(C)CCC(C)O)c1[N+](=O)[O-]. The maximum absolute atomic E-state index is 11.2. The van der Waals surface area contributed by atoms with Crippen molar-refractivity contribution in [2.75, 3.05) is 25.1 Å². The minimum Gasteiger partial charge on any atom is -0.487 e. The van der Waals surface area contributed by atoms with Crippen molar-refractivity contribution >= 4 is 11.4 Å². The second kappa shape index (κ2) is 6.94. The van der Waals surface area contributed by atoms with Gasteiger partial charge in [-0.2, -0.15) is 0 Å². The Labute approximate surface area is 112 Å². The van der Waals surface area contributed by atoms with E-state index in [0.29, 0.717) is 25.3 Å². The fourth-order valence-electron chi connectivity index (χ4n) is 1.78. The molecule has 0 aliphatic heterocycles. The molecule has 0 radical (unpaired) electrons. The van der Waals surface area contributed by atoms with Crippen LogP contribution in [0.5, 0.6) is 5.75 Å². The lowest BCUT2D eigenvalue weighted by atomic mass is 10.2. The molecule has 0 aromatic heterocycles. The fourth-order valence-corrected chi connectivity index (χ4v) is 1.78. The van der Waals surface area contributed by atoms with Crippen molar-refractivity contribution in [2.45, 2.75) is 26.4 Å². The van der Waals surface area contributed by atoms with Gasteiger partial charge in [0.1, 0.15) is 5.69 Å². The van der Waals surface area contributed by atoms with Crippen molar-refractivity contribution < 1.29 is 14.8 Å². The third-order valence-corrected chi connectivity index (χ3v) is 2.75. The van der Waals surface area contributed by atoms with E-state index in [1.54, 1.807) is 44.0 Å². The molecule has 0 heterocycles. The van der Waals surface area contributed by atoms with Crippen molar-refractivity contribution in [3.05, 3.63) is 28.3 Å². The zero-order valence-corrected chi connectivity index (χ0v) is 11.5. The van der Waals surface area contributed by atoms with Gasteiger partial charge in [0.25, 0.3) is 0 Å². The van der Waals surface area contributed by atoms with Gasteiger partial charge in [-0.05, 0) is 32.4 Å². The lowest BCUT2D eigenvalue weighted by Crippen LogP contribution is -2.22. The van der Waals surface area contributed by atoms with E-state index in [-0.39, 0.29) is 11.4 Å². The number of anilines is 1. The summed E-state index contributed by atoms with van der Waals surface area (Å²) < 4.78 is 5.30. The summed E-state index contributed by atoms with van der Waals surface area (Å²) in [6.07, 6.45) is 0.114. The minimum atomic E-state index is -0.434. The molecule has 1 N–H and O–H groups in total. The quantitative estimate of drug-likeness (QED) is 0.606. The summed E-state index contributed by atoms with van der Waals surface area (Å²) in [4.78, 5) is 12.5. The summed E-state index contributed by atoms with van der Waals surface area (Å²) in [6, 6.07) is 5.00. The van der Waals surface area contributed by atoms with E-state index in [2.05, 4.69) is 0 Å². The maximum atomic E-state index is 11.2. The van der Waals surface area contributed by atoms with Crippen LogP contribution in [0.3, 0.4) is 0 Å². The van der Waals surface area contributed by atoms with Crippen molar-refractivity contribution in [1.29, 1.82) is 0 Å². The van der Waals surface area contributed by atoms with Gasteiger partial charge < -0.3 is 14.7 Å². The number of hydrogen-bond donors (Lipinski definition) is 1. The van der Waals surface area contributed by atoms with Gasteiger partial charge in [0.15, 0.2) is 5.75 Å². The molecule has 6 nitrogen and oxygen atoms in total. The second-order valence-electron chi connectivity index (χ2n) is 4.37. The highest BCUT2D eigenvalue weighted by molar-refractivity contribution is 5.69. The first-order valence-electron chi connectivity index (χ1n) is 6.26. The first-order chi connectivity index (χ1) is 8.97. The molecule has 1 atom stereocenters. The van der Waals surface area contributed by atoms with Crippen LogP contribution in [0.4, 0.5) is 11.4 Å². The summed E-state index contributed by atoms with van der Waals surface area (Å²) in [5, 5.41) is 20.5. The number of nitro benzene ring substituents is 1. The van der Waals surface area contributed by atoms with Crippen LogP contribution in [-0.2, 0) is 0 Å². The first-order valence-corrected chi connectivity index (χ1v) is 6.26. The Morgan fingerprint density at radius 2 is 2.21 bits per heavy atom. The first kappa shape index (κ1) is 15.2. The van der Waals surface area contributed by atoms with Crippen LogP contribution in [0, 0.1) is 10.1 Å². The van der Waals surface area contributed by atoms with Crippen LogP contribution in [0.15, 0.2) is 18.2 Å². The van der Waals surface area contributed by atoms with E-state index in [1.165, 1.54) is 0 Å². The number of benzene rings is 1. The third-order valence-electron chi connectivity index (χ3n) is 2.75. The highest BCUT2D eigenvalue weighted by Gasteiger charge is 2.23. The van der Waals surface area contributed by atoms with Gasteiger partial charge in [0.05, 0.1) is 17.6 Å². The van der Waals surface area contributed by atoms with Gasteiger partial charge in [0.2, 0.25) is 0 Å². The molecular weight excluding hydrogens is 248 g/mol. The molecule has 1 aromatic carbocycles. The van der Waals surface area contributed by atoms with E-state index in [4.69, 9.17) is 4.74 Å². The molecule has 1 aromatic rings. The number of hydrogen-bond acceptors (Lipinski definition) is 5. The predicted octanol–water partition coefficient (Wildman–Crippen LogP) is 2.20. The molecule has 6 heteroatoms. The number of ether oxygens (including phenoxy) is 1. The van der Waals surface area contributed by atoms with Gasteiger partial charge in [-0.25, -0.2) is 0 Å². The number of aliphatic hydroxyl groups excluding tert-OH is 1. The minimum absolute atomic E-state index is 0.0301. The average Bonchev–Trinajstić information content (AvgIpc) is 2.35. The summed E-state index contributed by atoms with van der Waals surface area (Å²) in [5.41, 5.74) is 0.467. The van der Waals surface area contributed by atoms with Gasteiger partial charge in [-0.1, -0.05) is 6.07 Å². The van der Waals surface area contributed by atoms with Crippen LogP contribution in [0.2, 0.25) is 0 Å². The molecule has 0 amide bonds. The molecule has 0 bridgehead atoms. The van der Waals surface area contributed by atoms with Gasteiger partial charge >= 0.3 is 5.69 Å². The summed E-state index contributed by atoms with van der Waals surface area (Å²) in [6.45, 7) is 4.39. The van der Waals surface area contributed by atoms with Crippen LogP contribution < -0.4 is 9.64 Å². The molecule has 106 valence electrons. The number of nitrogens with zero attached hydrogens (tertiary/aromatic N) is 2. The molecule has 0 saturated carbocycles. The Hall–Kier alpha value is -1.82. The summed E-state index contributed by atoms with van der Waals surface area (Å²) in [7, 11) is 1.76. The van der Waals surface area contributed by atoms with E-state index in [1.807, 2.05) is 0 Å². The van der Waals surface area contributed by atoms with Crippen LogP contribution in [0.1, 0.15) is 20.3 Å². The second-order valence-corrected chi connectivity index (χ2v) is 4.37. The van der Waals surface area contributed by atoms with Crippen molar-refractivity contribution in [3.63, 3.8) is 0 Å². The summed E-state index contributed by atoms with van der Waals surface area (Å²) in [5.74, 6) is 0.272. The Kier molecular flexibility index (Phi) is 5.57. The Balaban J connectivity index is 3.04. The molecule has 19 heavy (non-hydrogen) atoms. The lowest BCUT2D eigenvalue weighted by molar-refractivity contribution is -0.385. The van der Waals surface area contributed by atoms with Crippen molar-refractivity contribution in [2.24, 2.45) is 0 Å². The molecule has 0 aliphatic rings. The number of nitro groups is 1. The zero-order valence-electron chi connectivity index (χ0n) is 11.5. The number of aliphatic hydroxyl groups is 1. The number of para-hydroxylation sites is 1. The van der Waals surface area contributed by atoms with Crippen LogP contribution in [0.25, 0.3) is 0 Å². The molecular formula is C13H20N2O4. The topological polar surface area (TPSA) is 75.8 Å². The predicted molar refractivity (Wildman–Crippen MR) is 73.8 cm³/mol. The third kappa shape index (κ3) is 4.10. The van der Waals surface area contributed by atoms with Crippen molar-refractivity contribution in [3.8, 4) is 5.75 Å². The fraction of sp³-hybridized carbons (Fsp3) is 0.538. The summed E-state index contributed by atoms with van der Waals surface area (Å²) >= 11 is 0. The Morgan fingerprint density at radius 3 is 2.74 bits per heavy atom. The van der Waals surface area contributed by atoms with Crippen molar-refractivity contribution in [1.82, 2.24) is 0 Å². The van der Waals surface area contributed by atoms with E-state index in [0.717, 1.165) is 0 Å². The lowest BCUT2D eigenvalue weighted by Gasteiger charge is -2.20. The van der Waals surface area contributed by atoms with E-state index < -0.39 is 11.0 Å².